The van der Waals surface area contributed by atoms with Crippen LogP contribution in [-0.4, -0.2) is 15.9 Å². The monoisotopic (exact) mass is 179 g/mol. The maximum absolute atomic E-state index is 10.8. The normalized spacial score (nSPS) is 10.4. The third-order valence-corrected chi connectivity index (χ3v) is 1.55. The molecule has 13 heavy (non-hydrogen) atoms. The van der Waals surface area contributed by atoms with E-state index >= 15 is 0 Å². The molecule has 0 aliphatic heterocycles. The molecule has 4 heteroatoms. The van der Waals surface area contributed by atoms with Gasteiger partial charge in [0.05, 0.1) is 0 Å². The van der Waals surface area contributed by atoms with Crippen molar-refractivity contribution in [1.29, 1.82) is 0 Å². The van der Waals surface area contributed by atoms with Crippen LogP contribution in [0.4, 0.5) is 0 Å². The molecule has 0 aliphatic carbocycles. The van der Waals surface area contributed by atoms with E-state index in [1.54, 1.807) is 6.20 Å². The summed E-state index contributed by atoms with van der Waals surface area (Å²) in [5, 5.41) is 0. The predicted molar refractivity (Wildman–Crippen MR) is 49.1 cm³/mol. The van der Waals surface area contributed by atoms with Crippen LogP contribution in [0.3, 0.4) is 0 Å². The Bertz CT molecular complexity index is 309. The van der Waals surface area contributed by atoms with Crippen molar-refractivity contribution in [3.05, 3.63) is 23.8 Å². The first kappa shape index (κ1) is 9.64. The average Bonchev–Trinajstić information content (AvgIpc) is 2.03. The zero-order chi connectivity index (χ0) is 9.84. The largest absolute Gasteiger partial charge is 0.364 e. The number of hydrogen-bond donors (Lipinski definition) is 1. The Kier molecular flexibility index (Phi) is 2.95. The summed E-state index contributed by atoms with van der Waals surface area (Å²) >= 11 is 0. The summed E-state index contributed by atoms with van der Waals surface area (Å²) in [6.07, 6.45) is 2.33. The predicted octanol–water partition coefficient (Wildman–Crippen LogP) is 0.774. The minimum Gasteiger partial charge on any atom is -0.364 e. The van der Waals surface area contributed by atoms with Crippen LogP contribution < -0.4 is 5.73 Å². The van der Waals surface area contributed by atoms with E-state index in [1.807, 2.05) is 0 Å². The van der Waals surface area contributed by atoms with Crippen LogP contribution in [-0.2, 0) is 6.42 Å². The highest BCUT2D eigenvalue weighted by molar-refractivity contribution is 5.90. The topological polar surface area (TPSA) is 68.9 Å². The summed E-state index contributed by atoms with van der Waals surface area (Å²) in [5.41, 5.74) is 5.37. The van der Waals surface area contributed by atoms with Crippen molar-refractivity contribution >= 4 is 5.91 Å². The number of primary amides is 1. The van der Waals surface area contributed by atoms with E-state index in [1.165, 1.54) is 6.07 Å². The second-order valence-electron chi connectivity index (χ2n) is 3.32. The minimum absolute atomic E-state index is 0.283. The van der Waals surface area contributed by atoms with Gasteiger partial charge in [-0.1, -0.05) is 13.8 Å². The van der Waals surface area contributed by atoms with Gasteiger partial charge < -0.3 is 5.73 Å². The summed E-state index contributed by atoms with van der Waals surface area (Å²) in [5.74, 6) is 0.641. The smallest absolute Gasteiger partial charge is 0.267 e. The summed E-state index contributed by atoms with van der Waals surface area (Å²) < 4.78 is 0. The van der Waals surface area contributed by atoms with Crippen molar-refractivity contribution < 1.29 is 4.79 Å². The molecule has 0 unspecified atom stereocenters. The van der Waals surface area contributed by atoms with Crippen molar-refractivity contribution in [3.8, 4) is 0 Å². The Labute approximate surface area is 77.2 Å². The quantitative estimate of drug-likeness (QED) is 0.745. The van der Waals surface area contributed by atoms with Gasteiger partial charge in [0.25, 0.3) is 5.91 Å². The van der Waals surface area contributed by atoms with E-state index in [0.717, 1.165) is 6.42 Å². The fraction of sp³-hybridized carbons (Fsp3) is 0.444. The van der Waals surface area contributed by atoms with Crippen LogP contribution in [0.5, 0.6) is 0 Å². The lowest BCUT2D eigenvalue weighted by atomic mass is 10.1. The fourth-order valence-electron chi connectivity index (χ4n) is 1.000. The van der Waals surface area contributed by atoms with Crippen LogP contribution >= 0.6 is 0 Å². The molecule has 1 amide bonds. The third kappa shape index (κ3) is 2.82. The first-order valence-corrected chi connectivity index (χ1v) is 4.21. The molecule has 1 heterocycles. The van der Waals surface area contributed by atoms with Crippen LogP contribution in [0, 0.1) is 5.92 Å². The highest BCUT2D eigenvalue weighted by atomic mass is 16.1. The number of rotatable bonds is 3. The minimum atomic E-state index is -0.507. The number of aromatic nitrogens is 2. The molecule has 0 spiro atoms. The third-order valence-electron chi connectivity index (χ3n) is 1.55. The van der Waals surface area contributed by atoms with Crippen molar-refractivity contribution in [3.63, 3.8) is 0 Å². The molecular formula is C9H13N3O. The molecule has 0 saturated carbocycles. The van der Waals surface area contributed by atoms with Gasteiger partial charge in [-0.15, -0.1) is 0 Å². The van der Waals surface area contributed by atoms with Crippen molar-refractivity contribution in [2.75, 3.05) is 0 Å². The van der Waals surface area contributed by atoms with Gasteiger partial charge >= 0.3 is 0 Å². The lowest BCUT2D eigenvalue weighted by Crippen LogP contribution is -2.15. The zero-order valence-corrected chi connectivity index (χ0v) is 7.82. The standard InChI is InChI=1S/C9H13N3O/c1-6(2)5-8-11-4-3-7(12-8)9(10)13/h3-4,6H,5H2,1-2H3,(H2,10,13). The van der Waals surface area contributed by atoms with E-state index in [0.29, 0.717) is 11.7 Å². The second kappa shape index (κ2) is 3.98. The van der Waals surface area contributed by atoms with Gasteiger partial charge in [0.15, 0.2) is 0 Å². The molecule has 70 valence electrons. The van der Waals surface area contributed by atoms with Crippen LogP contribution in [0.25, 0.3) is 0 Å². The highest BCUT2D eigenvalue weighted by Gasteiger charge is 2.05. The van der Waals surface area contributed by atoms with E-state index in [4.69, 9.17) is 5.73 Å². The lowest BCUT2D eigenvalue weighted by molar-refractivity contribution is 0.0995. The highest BCUT2D eigenvalue weighted by Crippen LogP contribution is 2.02. The Morgan fingerprint density at radius 3 is 2.85 bits per heavy atom. The molecule has 0 aromatic carbocycles. The van der Waals surface area contributed by atoms with Gasteiger partial charge in [0.2, 0.25) is 0 Å². The van der Waals surface area contributed by atoms with Crippen molar-refractivity contribution in [2.24, 2.45) is 11.7 Å². The molecular weight excluding hydrogens is 166 g/mol. The molecule has 1 aromatic heterocycles. The SMILES string of the molecule is CC(C)Cc1nccc(C(N)=O)n1. The van der Waals surface area contributed by atoms with Gasteiger partial charge in [-0.25, -0.2) is 9.97 Å². The molecule has 0 aliphatic rings. The Hall–Kier alpha value is -1.45. The van der Waals surface area contributed by atoms with Crippen LogP contribution in [0.1, 0.15) is 30.2 Å². The van der Waals surface area contributed by atoms with Gasteiger partial charge in [-0.3, -0.25) is 4.79 Å². The Morgan fingerprint density at radius 2 is 2.31 bits per heavy atom. The van der Waals surface area contributed by atoms with Gasteiger partial charge in [0, 0.05) is 12.6 Å². The number of carbonyl (C=O) groups is 1. The van der Waals surface area contributed by atoms with Crippen LogP contribution in [0.2, 0.25) is 0 Å². The number of carbonyl (C=O) groups excluding carboxylic acids is 1. The maximum Gasteiger partial charge on any atom is 0.267 e. The summed E-state index contributed by atoms with van der Waals surface area (Å²) in [7, 11) is 0. The lowest BCUT2D eigenvalue weighted by Gasteiger charge is -2.03. The molecule has 0 atom stereocenters. The number of nitrogens with zero attached hydrogens (tertiary/aromatic N) is 2. The first-order chi connectivity index (χ1) is 6.09. The molecule has 0 bridgehead atoms. The number of hydrogen-bond acceptors (Lipinski definition) is 3. The van der Waals surface area contributed by atoms with Gasteiger partial charge in [0.1, 0.15) is 11.5 Å². The molecule has 4 nitrogen and oxygen atoms in total. The molecule has 0 saturated heterocycles. The molecule has 1 rings (SSSR count). The van der Waals surface area contributed by atoms with Gasteiger partial charge in [-0.05, 0) is 12.0 Å². The van der Waals surface area contributed by atoms with Gasteiger partial charge in [-0.2, -0.15) is 0 Å². The molecule has 2 N–H and O–H groups in total. The van der Waals surface area contributed by atoms with Crippen molar-refractivity contribution in [1.82, 2.24) is 9.97 Å². The summed E-state index contributed by atoms with van der Waals surface area (Å²) in [6.45, 7) is 4.14. The van der Waals surface area contributed by atoms with E-state index in [-0.39, 0.29) is 5.69 Å². The maximum atomic E-state index is 10.8. The fourth-order valence-corrected chi connectivity index (χ4v) is 1.000. The first-order valence-electron chi connectivity index (χ1n) is 4.21. The molecule has 1 aromatic rings. The summed E-state index contributed by atoms with van der Waals surface area (Å²) in [6, 6.07) is 1.52. The number of nitrogens with two attached hydrogens (primary N) is 1. The zero-order valence-electron chi connectivity index (χ0n) is 7.82. The van der Waals surface area contributed by atoms with E-state index in [2.05, 4.69) is 23.8 Å². The van der Waals surface area contributed by atoms with Crippen LogP contribution in [0.15, 0.2) is 12.3 Å². The second-order valence-corrected chi connectivity index (χ2v) is 3.32. The van der Waals surface area contributed by atoms with Crippen molar-refractivity contribution in [2.45, 2.75) is 20.3 Å². The number of amides is 1. The summed E-state index contributed by atoms with van der Waals surface area (Å²) in [4.78, 5) is 18.8. The van der Waals surface area contributed by atoms with E-state index in [9.17, 15) is 4.79 Å². The Morgan fingerprint density at radius 1 is 1.62 bits per heavy atom. The Balaban J connectivity index is 2.85. The molecule has 0 radical (unpaired) electrons. The van der Waals surface area contributed by atoms with E-state index < -0.39 is 5.91 Å². The molecule has 0 fully saturated rings. The average molecular weight is 179 g/mol.